The molecule has 0 radical (unpaired) electrons. The monoisotopic (exact) mass is 803 g/mol. The normalized spacial score (nSPS) is 13.6. The predicted molar refractivity (Wildman–Crippen MR) is 230 cm³/mol. The minimum absolute atomic E-state index is 0.355. The highest BCUT2D eigenvalue weighted by Gasteiger charge is 2.58. The van der Waals surface area contributed by atoms with Gasteiger partial charge in [0.2, 0.25) is 0 Å². The summed E-state index contributed by atoms with van der Waals surface area (Å²) in [6.45, 7) is 14.9. The molecule has 2 atom stereocenters. The van der Waals surface area contributed by atoms with Crippen LogP contribution in [0.15, 0.2) is 0 Å². The maximum absolute atomic E-state index is 13.7. The van der Waals surface area contributed by atoms with Crippen molar-refractivity contribution >= 4 is 11.9 Å². The highest BCUT2D eigenvalue weighted by Crippen LogP contribution is 2.40. The van der Waals surface area contributed by atoms with Crippen molar-refractivity contribution in [3.63, 3.8) is 0 Å². The first kappa shape index (κ1) is 56.8. The highest BCUT2D eigenvalue weighted by molar-refractivity contribution is 5.73. The van der Waals surface area contributed by atoms with Gasteiger partial charge in [0.25, 0.3) is 0 Å². The van der Waals surface area contributed by atoms with Crippen LogP contribution in [0.3, 0.4) is 0 Å². The Hall–Kier alpha value is -1.26. The Balaban J connectivity index is 0. The van der Waals surface area contributed by atoms with E-state index in [2.05, 4.69) is 34.6 Å². The van der Waals surface area contributed by atoms with Gasteiger partial charge >= 0.3 is 23.9 Å². The summed E-state index contributed by atoms with van der Waals surface area (Å²) in [6, 6.07) is 0. The van der Waals surface area contributed by atoms with Crippen LogP contribution >= 0.6 is 0 Å². The van der Waals surface area contributed by atoms with E-state index in [1.54, 1.807) is 0 Å². The van der Waals surface area contributed by atoms with Gasteiger partial charge in [0, 0.05) is 6.61 Å². The molecule has 0 aromatic carbocycles. The van der Waals surface area contributed by atoms with E-state index in [9.17, 15) is 30.0 Å². The third-order valence-electron chi connectivity index (χ3n) is 11.2. The van der Waals surface area contributed by atoms with Crippen molar-refractivity contribution in [2.45, 2.75) is 259 Å². The van der Waals surface area contributed by atoms with E-state index >= 15 is 0 Å². The molecule has 0 saturated heterocycles. The molecule has 0 aliphatic heterocycles. The van der Waals surface area contributed by atoms with E-state index in [1.165, 1.54) is 19.3 Å². The molecule has 9 heteroatoms. The number of hydrogen-bond donors (Lipinski definition) is 5. The maximum Gasteiger partial charge on any atom is 0.336 e. The first-order valence-corrected chi connectivity index (χ1v) is 23.8. The lowest BCUT2D eigenvalue weighted by Gasteiger charge is -2.42. The van der Waals surface area contributed by atoms with Crippen molar-refractivity contribution in [3.05, 3.63) is 0 Å². The molecule has 5 N–H and O–H groups in total. The fraction of sp³-hybridized carbons (Fsp3) is 0.957. The number of unbranched alkanes of at least 4 members (excludes halogenated alkanes) is 18. The topological polar surface area (TPSA) is 154 Å². The molecule has 0 aromatic rings. The Morgan fingerprint density at radius 1 is 0.393 bits per heavy atom. The minimum atomic E-state index is -3.26. The number of aliphatic hydroxyl groups excluding tert-OH is 1. The van der Waals surface area contributed by atoms with E-state index in [4.69, 9.17) is 14.6 Å². The molecule has 0 rings (SSSR count). The van der Waals surface area contributed by atoms with E-state index in [1.807, 2.05) is 13.8 Å². The Labute approximate surface area is 345 Å². The summed E-state index contributed by atoms with van der Waals surface area (Å²) in [6.07, 6.45) is 28.3. The zero-order valence-corrected chi connectivity index (χ0v) is 37.8. The molecule has 0 aromatic heterocycles. The zero-order valence-electron chi connectivity index (χ0n) is 37.8. The van der Waals surface area contributed by atoms with Gasteiger partial charge in [-0.25, -0.2) is 0 Å². The van der Waals surface area contributed by atoms with E-state index in [-0.39, 0.29) is 0 Å². The minimum Gasteiger partial charge on any atom is -0.407 e. The van der Waals surface area contributed by atoms with Crippen LogP contribution in [0, 0.1) is 23.7 Å². The van der Waals surface area contributed by atoms with Crippen LogP contribution in [-0.2, 0) is 19.1 Å². The SMILES string of the molecule is CCCCCCCCC(CCCCCC)C(=O)OC(O)(O)C(C(CCC)CCC)C(O)(O)OC(=O)C(CCCCCC)CCCCCCCC.CCCCCO. The molecule has 0 fully saturated rings. The second kappa shape index (κ2) is 38.0. The van der Waals surface area contributed by atoms with Crippen molar-refractivity contribution < 1.29 is 44.6 Å². The predicted octanol–water partition coefficient (Wildman–Crippen LogP) is 12.0. The first-order valence-electron chi connectivity index (χ1n) is 23.8. The molecule has 0 heterocycles. The van der Waals surface area contributed by atoms with Crippen LogP contribution in [0.1, 0.15) is 248 Å². The molecule has 2 unspecified atom stereocenters. The van der Waals surface area contributed by atoms with Crippen molar-refractivity contribution in [3.8, 4) is 0 Å². The van der Waals surface area contributed by atoms with Crippen molar-refractivity contribution in [1.82, 2.24) is 0 Å². The lowest BCUT2D eigenvalue weighted by molar-refractivity contribution is -0.448. The number of aliphatic hydroxyl groups is 5. The molecule has 0 aliphatic carbocycles. The number of carbonyl (C=O) groups is 2. The average molecular weight is 803 g/mol. The van der Waals surface area contributed by atoms with Gasteiger partial charge in [-0.3, -0.25) is 9.59 Å². The molecule has 56 heavy (non-hydrogen) atoms. The Bertz CT molecular complexity index is 810. The van der Waals surface area contributed by atoms with Crippen molar-refractivity contribution in [1.29, 1.82) is 0 Å². The second-order valence-electron chi connectivity index (χ2n) is 16.6. The summed E-state index contributed by atoms with van der Waals surface area (Å²) in [5, 5.41) is 54.3. The average Bonchev–Trinajstić information content (AvgIpc) is 3.14. The number of ether oxygens (including phenoxy) is 2. The quantitative estimate of drug-likeness (QED) is 0.0233. The van der Waals surface area contributed by atoms with E-state index in [0.29, 0.717) is 58.0 Å². The molecule has 0 amide bonds. The smallest absolute Gasteiger partial charge is 0.336 e. The van der Waals surface area contributed by atoms with Crippen LogP contribution in [0.4, 0.5) is 0 Å². The second-order valence-corrected chi connectivity index (χ2v) is 16.6. The highest BCUT2D eigenvalue weighted by atomic mass is 16.8. The van der Waals surface area contributed by atoms with Crippen LogP contribution in [0.5, 0.6) is 0 Å². The van der Waals surface area contributed by atoms with Crippen molar-refractivity contribution in [2.75, 3.05) is 6.61 Å². The molecule has 0 spiro atoms. The molecule has 9 nitrogen and oxygen atoms in total. The third-order valence-corrected chi connectivity index (χ3v) is 11.2. The van der Waals surface area contributed by atoms with Gasteiger partial charge in [0.1, 0.15) is 5.92 Å². The van der Waals surface area contributed by atoms with Gasteiger partial charge in [-0.05, 0) is 50.9 Å². The lowest BCUT2D eigenvalue weighted by atomic mass is 9.81. The Morgan fingerprint density at radius 3 is 0.929 bits per heavy atom. The largest absolute Gasteiger partial charge is 0.407 e. The van der Waals surface area contributed by atoms with Gasteiger partial charge in [-0.1, -0.05) is 203 Å². The summed E-state index contributed by atoms with van der Waals surface area (Å²) in [5.41, 5.74) is 0. The lowest BCUT2D eigenvalue weighted by Crippen LogP contribution is -2.59. The van der Waals surface area contributed by atoms with Crippen LogP contribution in [0.25, 0.3) is 0 Å². The summed E-state index contributed by atoms with van der Waals surface area (Å²) >= 11 is 0. The molecule has 336 valence electrons. The van der Waals surface area contributed by atoms with Gasteiger partial charge < -0.3 is 35.0 Å². The number of rotatable bonds is 38. The maximum atomic E-state index is 13.7. The molecule has 0 aliphatic rings. The van der Waals surface area contributed by atoms with Gasteiger partial charge in [0.15, 0.2) is 0 Å². The van der Waals surface area contributed by atoms with Crippen LogP contribution in [-0.4, -0.2) is 56.0 Å². The summed E-state index contributed by atoms with van der Waals surface area (Å²) in [4.78, 5) is 27.3. The van der Waals surface area contributed by atoms with Crippen LogP contribution < -0.4 is 0 Å². The summed E-state index contributed by atoms with van der Waals surface area (Å²) < 4.78 is 11.0. The molecular formula is C47H94O9. The fourth-order valence-electron chi connectivity index (χ4n) is 7.77. The van der Waals surface area contributed by atoms with E-state index < -0.39 is 47.6 Å². The van der Waals surface area contributed by atoms with Crippen molar-refractivity contribution in [2.24, 2.45) is 23.7 Å². The van der Waals surface area contributed by atoms with Gasteiger partial charge in [-0.15, -0.1) is 0 Å². The molecule has 0 saturated carbocycles. The molecule has 0 bridgehead atoms. The fourth-order valence-corrected chi connectivity index (χ4v) is 7.77. The molecular weight excluding hydrogens is 709 g/mol. The van der Waals surface area contributed by atoms with E-state index in [0.717, 1.165) is 128 Å². The Kier molecular flexibility index (Phi) is 38.5. The summed E-state index contributed by atoms with van der Waals surface area (Å²) in [5.74, 6) is -11.7. The summed E-state index contributed by atoms with van der Waals surface area (Å²) in [7, 11) is 0. The standard InChI is InChI=1S/C42H82O8.C5H12O/c1-7-13-17-21-23-27-33-36(31-25-19-15-9-3)39(43)49-41(45,46)38(35(29-11-5)30-12-6)42(47,48)50-40(44)37(32-26-20-16-10-4)34-28-24-22-18-14-8-2;1-2-3-4-5-6/h35-38,45-48H,7-34H2,1-6H3;6H,2-5H2,1H3. The Morgan fingerprint density at radius 2 is 0.661 bits per heavy atom. The number of esters is 2. The first-order chi connectivity index (χ1) is 26.9. The number of carbonyl (C=O) groups excluding carboxylic acids is 2. The zero-order chi connectivity index (χ0) is 42.5. The van der Waals surface area contributed by atoms with Gasteiger partial charge in [-0.2, -0.15) is 0 Å². The third kappa shape index (κ3) is 29.0. The van der Waals surface area contributed by atoms with Gasteiger partial charge in [0.05, 0.1) is 11.8 Å². The number of hydrogen-bond acceptors (Lipinski definition) is 9. The van der Waals surface area contributed by atoms with Crippen LogP contribution in [0.2, 0.25) is 0 Å².